The summed E-state index contributed by atoms with van der Waals surface area (Å²) in [5.74, 6) is -1.02. The van der Waals surface area contributed by atoms with Gasteiger partial charge in [0.25, 0.3) is 5.91 Å². The average Bonchev–Trinajstić information content (AvgIpc) is 2.69. The lowest BCUT2D eigenvalue weighted by molar-refractivity contribution is -0.124. The number of benzene rings is 2. The van der Waals surface area contributed by atoms with Gasteiger partial charge in [-0.15, -0.1) is 0 Å². The van der Waals surface area contributed by atoms with Crippen LogP contribution in [0.1, 0.15) is 35.3 Å². The van der Waals surface area contributed by atoms with Crippen molar-refractivity contribution in [2.24, 2.45) is 0 Å². The molecule has 3 N–H and O–H groups in total. The number of nitrogens with one attached hydrogen (secondary N) is 3. The fraction of sp³-hybridized carbons (Fsp3) is 0.286. The van der Waals surface area contributed by atoms with Gasteiger partial charge in [0.2, 0.25) is 0 Å². The summed E-state index contributed by atoms with van der Waals surface area (Å²) in [7, 11) is 0. The van der Waals surface area contributed by atoms with Crippen LogP contribution in [0.3, 0.4) is 0 Å². The number of ether oxygens (including phenoxy) is 1. The van der Waals surface area contributed by atoms with E-state index in [1.165, 1.54) is 0 Å². The van der Waals surface area contributed by atoms with Gasteiger partial charge < -0.3 is 20.7 Å². The molecule has 154 valence electrons. The van der Waals surface area contributed by atoms with Crippen LogP contribution in [0, 0.1) is 0 Å². The van der Waals surface area contributed by atoms with Crippen molar-refractivity contribution in [1.82, 2.24) is 16.0 Å². The van der Waals surface area contributed by atoms with E-state index in [-0.39, 0.29) is 25.2 Å². The number of halogens is 1. The summed E-state index contributed by atoms with van der Waals surface area (Å²) in [5.41, 5.74) is 1.93. The van der Waals surface area contributed by atoms with E-state index in [1.807, 2.05) is 19.9 Å². The molecule has 2 aromatic rings. The van der Waals surface area contributed by atoms with Crippen molar-refractivity contribution in [3.8, 4) is 0 Å². The van der Waals surface area contributed by atoms with Crippen LogP contribution in [0.15, 0.2) is 48.5 Å². The Hall–Kier alpha value is -3.06. The summed E-state index contributed by atoms with van der Waals surface area (Å²) in [6.45, 7) is 3.94. The van der Waals surface area contributed by atoms with E-state index in [9.17, 15) is 14.4 Å². The van der Waals surface area contributed by atoms with Crippen LogP contribution in [0.25, 0.3) is 0 Å². The third-order valence-electron chi connectivity index (χ3n) is 3.83. The lowest BCUT2D eigenvalue weighted by atomic mass is 10.1. The molecule has 0 spiro atoms. The van der Waals surface area contributed by atoms with Crippen molar-refractivity contribution < 1.29 is 19.1 Å². The molecule has 0 aliphatic carbocycles. The van der Waals surface area contributed by atoms with Crippen molar-refractivity contribution >= 4 is 29.5 Å². The van der Waals surface area contributed by atoms with Crippen LogP contribution >= 0.6 is 11.6 Å². The summed E-state index contributed by atoms with van der Waals surface area (Å²) >= 11 is 6.03. The van der Waals surface area contributed by atoms with Gasteiger partial charge in [-0.3, -0.25) is 4.79 Å². The summed E-state index contributed by atoms with van der Waals surface area (Å²) in [5, 5.41) is 8.65. The summed E-state index contributed by atoms with van der Waals surface area (Å²) in [6, 6.07) is 13.5. The van der Waals surface area contributed by atoms with E-state index >= 15 is 0 Å². The van der Waals surface area contributed by atoms with Crippen LogP contribution in [-0.2, 0) is 22.6 Å². The Labute approximate surface area is 174 Å². The van der Waals surface area contributed by atoms with Crippen LogP contribution in [0.2, 0.25) is 5.02 Å². The minimum absolute atomic E-state index is 0.0500. The normalized spacial score (nSPS) is 10.3. The first-order valence-corrected chi connectivity index (χ1v) is 9.53. The molecule has 2 aromatic carbocycles. The maximum Gasteiger partial charge on any atom is 0.338 e. The zero-order chi connectivity index (χ0) is 21.2. The fourth-order valence-corrected chi connectivity index (χ4v) is 2.56. The average molecular weight is 418 g/mol. The summed E-state index contributed by atoms with van der Waals surface area (Å²) in [6.07, 6.45) is 0. The van der Waals surface area contributed by atoms with Crippen molar-refractivity contribution in [2.75, 3.05) is 6.61 Å². The summed E-state index contributed by atoms with van der Waals surface area (Å²) < 4.78 is 5.03. The molecule has 3 amide bonds. The third-order valence-corrected chi connectivity index (χ3v) is 4.20. The van der Waals surface area contributed by atoms with E-state index in [2.05, 4.69) is 16.0 Å². The first kappa shape index (κ1) is 22.2. The molecule has 0 heterocycles. The molecule has 7 nitrogen and oxygen atoms in total. The molecule has 0 unspecified atom stereocenters. The number of carbonyl (C=O) groups is 3. The SMILES string of the molecule is CC(C)NC(=O)NCc1ccc(C(=O)OCC(=O)NCc2ccccc2Cl)cc1. The maximum absolute atomic E-state index is 12.1. The van der Waals surface area contributed by atoms with Crippen LogP contribution in [-0.4, -0.2) is 30.6 Å². The third kappa shape index (κ3) is 7.83. The molecule has 29 heavy (non-hydrogen) atoms. The number of rotatable bonds is 8. The van der Waals surface area contributed by atoms with Gasteiger partial charge in [-0.1, -0.05) is 41.9 Å². The Bertz CT molecular complexity index is 853. The molecule has 0 saturated heterocycles. The van der Waals surface area contributed by atoms with Gasteiger partial charge in [0.1, 0.15) is 0 Å². The highest BCUT2D eigenvalue weighted by atomic mass is 35.5. The minimum Gasteiger partial charge on any atom is -0.452 e. The van der Waals surface area contributed by atoms with Gasteiger partial charge in [0.05, 0.1) is 5.56 Å². The standard InChI is InChI=1S/C21H24ClN3O4/c1-14(2)25-21(28)24-11-15-7-9-16(10-8-15)20(27)29-13-19(26)23-12-17-5-3-4-6-18(17)22/h3-10,14H,11-13H2,1-2H3,(H,23,26)(H2,24,25,28). The molecule has 0 aromatic heterocycles. The maximum atomic E-state index is 12.1. The first-order chi connectivity index (χ1) is 13.8. The van der Waals surface area contributed by atoms with Crippen LogP contribution in [0.4, 0.5) is 4.79 Å². The van der Waals surface area contributed by atoms with Gasteiger partial charge in [0, 0.05) is 24.2 Å². The Balaban J connectivity index is 1.75. The molecule has 0 fully saturated rings. The number of amides is 3. The topological polar surface area (TPSA) is 96.5 Å². The Kier molecular flexibility index (Phi) is 8.48. The fourth-order valence-electron chi connectivity index (χ4n) is 2.36. The number of carbonyl (C=O) groups excluding carboxylic acids is 3. The molecule has 0 aliphatic heterocycles. The van der Waals surface area contributed by atoms with Crippen LogP contribution in [0.5, 0.6) is 0 Å². The second-order valence-electron chi connectivity index (χ2n) is 6.62. The second-order valence-corrected chi connectivity index (χ2v) is 7.03. The largest absolute Gasteiger partial charge is 0.452 e. The first-order valence-electron chi connectivity index (χ1n) is 9.15. The van der Waals surface area contributed by atoms with E-state index in [0.29, 0.717) is 17.1 Å². The van der Waals surface area contributed by atoms with E-state index in [0.717, 1.165) is 11.1 Å². The molecular weight excluding hydrogens is 394 g/mol. The highest BCUT2D eigenvalue weighted by Gasteiger charge is 2.11. The molecule has 8 heteroatoms. The Morgan fingerprint density at radius 3 is 2.31 bits per heavy atom. The van der Waals surface area contributed by atoms with Gasteiger partial charge in [-0.2, -0.15) is 0 Å². The summed E-state index contributed by atoms with van der Waals surface area (Å²) in [4.78, 5) is 35.5. The zero-order valence-electron chi connectivity index (χ0n) is 16.3. The van der Waals surface area contributed by atoms with Gasteiger partial charge in [-0.25, -0.2) is 9.59 Å². The van der Waals surface area contributed by atoms with Gasteiger partial charge in [0.15, 0.2) is 6.61 Å². The Morgan fingerprint density at radius 1 is 0.966 bits per heavy atom. The van der Waals surface area contributed by atoms with Crippen LogP contribution < -0.4 is 16.0 Å². The lowest BCUT2D eigenvalue weighted by Gasteiger charge is -2.10. The molecule has 0 saturated carbocycles. The quantitative estimate of drug-likeness (QED) is 0.575. The van der Waals surface area contributed by atoms with E-state index in [1.54, 1.807) is 42.5 Å². The molecule has 0 bridgehead atoms. The smallest absolute Gasteiger partial charge is 0.338 e. The number of hydrogen-bond acceptors (Lipinski definition) is 4. The lowest BCUT2D eigenvalue weighted by Crippen LogP contribution is -2.39. The molecular formula is C21H24ClN3O4. The highest BCUT2D eigenvalue weighted by Crippen LogP contribution is 2.14. The van der Waals surface area contributed by atoms with E-state index in [4.69, 9.17) is 16.3 Å². The van der Waals surface area contributed by atoms with Crippen molar-refractivity contribution in [2.45, 2.75) is 33.0 Å². The van der Waals surface area contributed by atoms with Crippen molar-refractivity contribution in [3.05, 3.63) is 70.2 Å². The molecule has 2 rings (SSSR count). The number of hydrogen-bond donors (Lipinski definition) is 3. The van der Waals surface area contributed by atoms with E-state index < -0.39 is 11.9 Å². The van der Waals surface area contributed by atoms with Crippen molar-refractivity contribution in [1.29, 1.82) is 0 Å². The molecule has 0 atom stereocenters. The Morgan fingerprint density at radius 2 is 1.66 bits per heavy atom. The number of esters is 1. The zero-order valence-corrected chi connectivity index (χ0v) is 17.1. The van der Waals surface area contributed by atoms with Gasteiger partial charge in [-0.05, 0) is 43.2 Å². The molecule has 0 radical (unpaired) electrons. The highest BCUT2D eigenvalue weighted by molar-refractivity contribution is 6.31. The van der Waals surface area contributed by atoms with Crippen molar-refractivity contribution in [3.63, 3.8) is 0 Å². The predicted octanol–water partition coefficient (Wildman–Crippen LogP) is 3.02. The number of urea groups is 1. The molecule has 0 aliphatic rings. The minimum atomic E-state index is -0.602. The second kappa shape index (κ2) is 11.1. The van der Waals surface area contributed by atoms with Gasteiger partial charge >= 0.3 is 12.0 Å². The predicted molar refractivity (Wildman–Crippen MR) is 111 cm³/mol. The monoisotopic (exact) mass is 417 g/mol.